The molecule has 6 heteroatoms. The lowest BCUT2D eigenvalue weighted by atomic mass is 9.77. The molecule has 0 spiro atoms. The van der Waals surface area contributed by atoms with E-state index < -0.39 is 11.6 Å². The van der Waals surface area contributed by atoms with Gasteiger partial charge in [-0.3, -0.25) is 14.2 Å². The Kier molecular flexibility index (Phi) is 7.71. The molecule has 1 aromatic heterocycles. The molecule has 2 aliphatic rings. The fourth-order valence-corrected chi connectivity index (χ4v) is 5.55. The van der Waals surface area contributed by atoms with Crippen LogP contribution in [0.2, 0.25) is 0 Å². The molecular weight excluding hydrogens is 422 g/mol. The van der Waals surface area contributed by atoms with E-state index in [1.165, 1.54) is 6.07 Å². The summed E-state index contributed by atoms with van der Waals surface area (Å²) in [6.45, 7) is 2.76. The molecule has 2 aromatic rings. The maximum Gasteiger partial charge on any atom is 0.256 e. The van der Waals surface area contributed by atoms with Crippen LogP contribution in [0.3, 0.4) is 0 Å². The first-order valence-electron chi connectivity index (χ1n) is 12.5. The molecule has 1 aliphatic carbocycles. The lowest BCUT2D eigenvalue weighted by Gasteiger charge is -2.27. The Hall–Kier alpha value is -2.37. The second-order valence-electron chi connectivity index (χ2n) is 9.81. The van der Waals surface area contributed by atoms with Crippen LogP contribution in [0, 0.1) is 30.4 Å². The van der Waals surface area contributed by atoms with Gasteiger partial charge in [-0.2, -0.15) is 0 Å². The summed E-state index contributed by atoms with van der Waals surface area (Å²) < 4.78 is 28.9. The molecule has 0 radical (unpaired) electrons. The van der Waals surface area contributed by atoms with Crippen molar-refractivity contribution >= 4 is 5.78 Å². The largest absolute Gasteiger partial charge is 0.296 e. The number of benzene rings is 1. The zero-order valence-electron chi connectivity index (χ0n) is 19.5. The van der Waals surface area contributed by atoms with Gasteiger partial charge in [0.2, 0.25) is 0 Å². The first kappa shape index (κ1) is 23.8. The van der Waals surface area contributed by atoms with E-state index in [0.717, 1.165) is 113 Å². The number of rotatable bonds is 8. The molecule has 1 aromatic carbocycles. The Balaban J connectivity index is 1.19. The molecule has 33 heavy (non-hydrogen) atoms. The topological polar surface area (TPSA) is 52.0 Å². The van der Waals surface area contributed by atoms with Gasteiger partial charge in [0.25, 0.3) is 5.56 Å². The molecule has 1 fully saturated rings. The molecule has 0 N–H and O–H groups in total. The lowest BCUT2D eigenvalue weighted by Crippen LogP contribution is -2.32. The number of unbranched alkanes of at least 4 members (excludes halogenated alkanes) is 2. The van der Waals surface area contributed by atoms with E-state index in [2.05, 4.69) is 0 Å². The van der Waals surface area contributed by atoms with Crippen molar-refractivity contribution in [2.45, 2.75) is 90.5 Å². The summed E-state index contributed by atoms with van der Waals surface area (Å²) in [5.74, 6) is -0.212. The number of halogens is 2. The fourth-order valence-electron chi connectivity index (χ4n) is 5.55. The van der Waals surface area contributed by atoms with E-state index in [1.807, 2.05) is 11.5 Å². The van der Waals surface area contributed by atoms with Crippen LogP contribution in [0.5, 0.6) is 0 Å². The summed E-state index contributed by atoms with van der Waals surface area (Å²) in [6, 6.07) is 3.21. The first-order valence-corrected chi connectivity index (χ1v) is 12.5. The Labute approximate surface area is 194 Å². The summed E-state index contributed by atoms with van der Waals surface area (Å²) in [7, 11) is 0. The van der Waals surface area contributed by atoms with E-state index in [0.29, 0.717) is 5.92 Å². The minimum atomic E-state index is -0.758. The third-order valence-electron chi connectivity index (χ3n) is 7.53. The summed E-state index contributed by atoms with van der Waals surface area (Å²) >= 11 is 0. The highest BCUT2D eigenvalue weighted by Crippen LogP contribution is 2.34. The summed E-state index contributed by atoms with van der Waals surface area (Å²) in [5, 5.41) is 0. The molecule has 4 rings (SSSR count). The van der Waals surface area contributed by atoms with Crippen LogP contribution in [-0.4, -0.2) is 15.3 Å². The zero-order chi connectivity index (χ0) is 23.4. The molecular formula is C27H34F2N2O2. The number of aromatic nitrogens is 2. The van der Waals surface area contributed by atoms with Crippen LogP contribution in [0.15, 0.2) is 23.0 Å². The highest BCUT2D eigenvalue weighted by atomic mass is 19.1. The number of hydrogen-bond donors (Lipinski definition) is 0. The van der Waals surface area contributed by atoms with E-state index in [9.17, 15) is 18.4 Å². The molecule has 178 valence electrons. The number of ketones is 1. The third-order valence-corrected chi connectivity index (χ3v) is 7.53. The summed E-state index contributed by atoms with van der Waals surface area (Å²) in [5.41, 5.74) is 1.96. The minimum Gasteiger partial charge on any atom is -0.296 e. The van der Waals surface area contributed by atoms with E-state index in [1.54, 1.807) is 0 Å². The van der Waals surface area contributed by atoms with Crippen molar-refractivity contribution < 1.29 is 13.6 Å². The number of carbonyl (C=O) groups is 1. The number of hydrogen-bond acceptors (Lipinski definition) is 3. The summed E-state index contributed by atoms with van der Waals surface area (Å²) in [4.78, 5) is 30.1. The van der Waals surface area contributed by atoms with Crippen molar-refractivity contribution in [3.63, 3.8) is 0 Å². The van der Waals surface area contributed by atoms with Crippen molar-refractivity contribution in [1.82, 2.24) is 9.55 Å². The molecule has 0 amide bonds. The van der Waals surface area contributed by atoms with Gasteiger partial charge in [-0.1, -0.05) is 19.3 Å². The van der Waals surface area contributed by atoms with Gasteiger partial charge in [0.1, 0.15) is 17.5 Å². The van der Waals surface area contributed by atoms with Crippen molar-refractivity contribution in [3.05, 3.63) is 62.8 Å². The highest BCUT2D eigenvalue weighted by molar-refractivity contribution is 5.98. The Morgan fingerprint density at radius 1 is 1.09 bits per heavy atom. The van der Waals surface area contributed by atoms with Crippen molar-refractivity contribution in [2.24, 2.45) is 11.8 Å². The minimum absolute atomic E-state index is 0.0164. The van der Waals surface area contributed by atoms with Gasteiger partial charge in [0.05, 0.1) is 5.56 Å². The normalized spacial score (nSPS) is 20.5. The van der Waals surface area contributed by atoms with Gasteiger partial charge in [0, 0.05) is 36.2 Å². The standard InChI is InChI=1S/C27H34F2N2O2/c1-18-22(27(33)31-16-6-5-9-25(31)30-18)8-4-2-3-7-19-10-12-20(13-11-19)26(32)23-15-14-21(28)17-24(23)29/h14-15,17,19-20H,2-13,16H2,1H3. The first-order chi connectivity index (χ1) is 15.9. The van der Waals surface area contributed by atoms with Gasteiger partial charge < -0.3 is 0 Å². The van der Waals surface area contributed by atoms with Crippen LogP contribution in [0.25, 0.3) is 0 Å². The smallest absolute Gasteiger partial charge is 0.256 e. The predicted molar refractivity (Wildman–Crippen MR) is 124 cm³/mol. The van der Waals surface area contributed by atoms with Crippen LogP contribution in [-0.2, 0) is 19.4 Å². The van der Waals surface area contributed by atoms with Gasteiger partial charge in [-0.15, -0.1) is 0 Å². The molecule has 1 aliphatic heterocycles. The quantitative estimate of drug-likeness (QED) is 0.364. The van der Waals surface area contributed by atoms with Crippen LogP contribution in [0.1, 0.15) is 91.6 Å². The summed E-state index contributed by atoms with van der Waals surface area (Å²) in [6.07, 6.45) is 11.7. The van der Waals surface area contributed by atoms with Gasteiger partial charge in [-0.25, -0.2) is 13.8 Å². The van der Waals surface area contributed by atoms with Gasteiger partial charge in [0.15, 0.2) is 5.78 Å². The Morgan fingerprint density at radius 2 is 1.88 bits per heavy atom. The zero-order valence-corrected chi connectivity index (χ0v) is 19.5. The molecule has 0 bridgehead atoms. The molecule has 0 unspecified atom stereocenters. The molecule has 2 heterocycles. The van der Waals surface area contributed by atoms with Crippen molar-refractivity contribution in [1.29, 1.82) is 0 Å². The van der Waals surface area contributed by atoms with Crippen molar-refractivity contribution in [3.8, 4) is 0 Å². The van der Waals surface area contributed by atoms with Gasteiger partial charge in [-0.05, 0) is 76.3 Å². The lowest BCUT2D eigenvalue weighted by molar-refractivity contribution is 0.0865. The fraction of sp³-hybridized carbons (Fsp3) is 0.593. The van der Waals surface area contributed by atoms with Crippen LogP contribution >= 0.6 is 0 Å². The number of fused-ring (bicyclic) bond motifs is 1. The average molecular weight is 457 g/mol. The predicted octanol–water partition coefficient (Wildman–Crippen LogP) is 5.96. The van der Waals surface area contributed by atoms with Gasteiger partial charge >= 0.3 is 0 Å². The molecule has 4 nitrogen and oxygen atoms in total. The average Bonchev–Trinajstić information content (AvgIpc) is 2.81. The van der Waals surface area contributed by atoms with Crippen LogP contribution in [0.4, 0.5) is 8.78 Å². The van der Waals surface area contributed by atoms with E-state index >= 15 is 0 Å². The molecule has 0 saturated heterocycles. The van der Waals surface area contributed by atoms with Crippen LogP contribution < -0.4 is 5.56 Å². The highest BCUT2D eigenvalue weighted by Gasteiger charge is 2.28. The number of Topliss-reactive ketones (excluding diaryl/α,β-unsaturated/α-hetero) is 1. The SMILES string of the molecule is Cc1nc2n(c(=O)c1CCCCCC1CCC(C(=O)c3ccc(F)cc3F)CC1)CCCC2. The molecule has 0 atom stereocenters. The second-order valence-corrected chi connectivity index (χ2v) is 9.81. The second kappa shape index (κ2) is 10.7. The number of nitrogens with zero attached hydrogens (tertiary/aromatic N) is 2. The number of aryl methyl sites for hydroxylation is 2. The maximum atomic E-state index is 13.9. The Morgan fingerprint density at radius 3 is 2.64 bits per heavy atom. The van der Waals surface area contributed by atoms with E-state index in [-0.39, 0.29) is 22.8 Å². The van der Waals surface area contributed by atoms with Crippen molar-refractivity contribution in [2.75, 3.05) is 0 Å². The Bertz CT molecular complexity index is 1050. The maximum absolute atomic E-state index is 13.9. The number of carbonyl (C=O) groups excluding carboxylic acids is 1. The monoisotopic (exact) mass is 456 g/mol. The third kappa shape index (κ3) is 5.59. The molecule has 1 saturated carbocycles. The van der Waals surface area contributed by atoms with E-state index in [4.69, 9.17) is 4.98 Å².